The summed E-state index contributed by atoms with van der Waals surface area (Å²) in [5.41, 5.74) is 0. The fourth-order valence-corrected chi connectivity index (χ4v) is 0.934. The summed E-state index contributed by atoms with van der Waals surface area (Å²) in [6, 6.07) is 0. The van der Waals surface area contributed by atoms with E-state index in [1.807, 2.05) is 6.92 Å². The molecule has 0 radical (unpaired) electrons. The Balaban J connectivity index is 2.24. The fourth-order valence-electron chi connectivity index (χ4n) is 0.934. The minimum Gasteiger partial charge on any atom is -0.393 e. The normalized spacial score (nSPS) is 12.8. The first-order valence-electron chi connectivity index (χ1n) is 4.38. The van der Waals surface area contributed by atoms with Gasteiger partial charge in [-0.1, -0.05) is 12.0 Å². The minimum absolute atomic E-state index is 0.242. The number of aliphatic hydroxyl groups excluding tert-OH is 1. The SMILES string of the molecule is CCC(O)CCNc1nnnn1C. The number of anilines is 1. The van der Waals surface area contributed by atoms with Gasteiger partial charge in [-0.25, -0.2) is 4.68 Å². The van der Waals surface area contributed by atoms with Crippen LogP contribution in [0.15, 0.2) is 0 Å². The molecule has 0 saturated carbocycles. The number of aromatic nitrogens is 4. The van der Waals surface area contributed by atoms with Crippen molar-refractivity contribution in [2.24, 2.45) is 7.05 Å². The van der Waals surface area contributed by atoms with E-state index >= 15 is 0 Å². The van der Waals surface area contributed by atoms with Gasteiger partial charge in [0.2, 0.25) is 5.95 Å². The molecule has 0 aliphatic carbocycles. The van der Waals surface area contributed by atoms with Crippen molar-refractivity contribution >= 4 is 5.95 Å². The van der Waals surface area contributed by atoms with Crippen molar-refractivity contribution in [1.82, 2.24) is 20.2 Å². The van der Waals surface area contributed by atoms with E-state index < -0.39 is 0 Å². The topological polar surface area (TPSA) is 75.9 Å². The van der Waals surface area contributed by atoms with Crippen LogP contribution in [0, 0.1) is 0 Å². The zero-order valence-corrected chi connectivity index (χ0v) is 7.93. The predicted octanol–water partition coefficient (Wildman–Crippen LogP) is -0.217. The molecule has 1 atom stereocenters. The van der Waals surface area contributed by atoms with Crippen LogP contribution in [-0.2, 0) is 7.05 Å². The van der Waals surface area contributed by atoms with Crippen LogP contribution in [0.5, 0.6) is 0 Å². The third kappa shape index (κ3) is 2.98. The van der Waals surface area contributed by atoms with E-state index in [0.29, 0.717) is 18.9 Å². The lowest BCUT2D eigenvalue weighted by Crippen LogP contribution is -2.14. The Kier molecular flexibility index (Phi) is 3.63. The monoisotopic (exact) mass is 185 g/mol. The van der Waals surface area contributed by atoms with Crippen LogP contribution in [0.1, 0.15) is 19.8 Å². The Morgan fingerprint density at radius 2 is 2.38 bits per heavy atom. The van der Waals surface area contributed by atoms with Crippen LogP contribution < -0.4 is 5.32 Å². The van der Waals surface area contributed by atoms with Crippen LogP contribution in [-0.4, -0.2) is 38.0 Å². The highest BCUT2D eigenvalue weighted by molar-refractivity contribution is 5.20. The number of nitrogens with zero attached hydrogens (tertiary/aromatic N) is 4. The van der Waals surface area contributed by atoms with Gasteiger partial charge < -0.3 is 10.4 Å². The Morgan fingerprint density at radius 3 is 2.92 bits per heavy atom. The maximum Gasteiger partial charge on any atom is 0.242 e. The van der Waals surface area contributed by atoms with Gasteiger partial charge in [0.25, 0.3) is 0 Å². The summed E-state index contributed by atoms with van der Waals surface area (Å²) in [4.78, 5) is 0. The van der Waals surface area contributed by atoms with E-state index in [1.54, 1.807) is 11.7 Å². The van der Waals surface area contributed by atoms with Gasteiger partial charge >= 0.3 is 0 Å². The molecule has 1 aromatic heterocycles. The summed E-state index contributed by atoms with van der Waals surface area (Å²) in [5.74, 6) is 0.628. The standard InChI is InChI=1S/C7H15N5O/c1-3-6(13)4-5-8-7-9-10-11-12(7)2/h6,13H,3-5H2,1-2H3,(H,8,9,11). The average molecular weight is 185 g/mol. The smallest absolute Gasteiger partial charge is 0.242 e. The van der Waals surface area contributed by atoms with Crippen LogP contribution in [0.4, 0.5) is 5.95 Å². The molecule has 1 heterocycles. The first kappa shape index (κ1) is 9.91. The number of rotatable bonds is 5. The summed E-state index contributed by atoms with van der Waals surface area (Å²) < 4.78 is 1.55. The van der Waals surface area contributed by atoms with Gasteiger partial charge in [-0.3, -0.25) is 0 Å². The largest absolute Gasteiger partial charge is 0.393 e. The molecule has 0 fully saturated rings. The highest BCUT2D eigenvalue weighted by Gasteiger charge is 2.02. The second kappa shape index (κ2) is 4.76. The molecule has 74 valence electrons. The lowest BCUT2D eigenvalue weighted by molar-refractivity contribution is 0.164. The third-order valence-electron chi connectivity index (χ3n) is 1.85. The summed E-state index contributed by atoms with van der Waals surface area (Å²) in [6.07, 6.45) is 1.25. The molecule has 6 heteroatoms. The summed E-state index contributed by atoms with van der Waals surface area (Å²) >= 11 is 0. The van der Waals surface area contributed by atoms with Crippen LogP contribution in [0.25, 0.3) is 0 Å². The number of nitrogens with one attached hydrogen (secondary N) is 1. The minimum atomic E-state index is -0.242. The summed E-state index contributed by atoms with van der Waals surface area (Å²) in [7, 11) is 1.76. The maximum absolute atomic E-state index is 9.26. The maximum atomic E-state index is 9.26. The lowest BCUT2D eigenvalue weighted by Gasteiger charge is -2.07. The summed E-state index contributed by atoms with van der Waals surface area (Å²) in [5, 5.41) is 23.2. The van der Waals surface area contributed by atoms with E-state index in [1.165, 1.54) is 0 Å². The molecule has 0 aliphatic heterocycles. The number of aryl methyl sites for hydroxylation is 1. The molecule has 1 aromatic rings. The lowest BCUT2D eigenvalue weighted by atomic mass is 10.2. The Hall–Kier alpha value is -1.17. The fraction of sp³-hybridized carbons (Fsp3) is 0.857. The Morgan fingerprint density at radius 1 is 1.62 bits per heavy atom. The average Bonchev–Trinajstić information content (AvgIpc) is 2.52. The molecule has 1 rings (SSSR count). The highest BCUT2D eigenvalue weighted by atomic mass is 16.3. The van der Waals surface area contributed by atoms with Crippen molar-refractivity contribution in [2.75, 3.05) is 11.9 Å². The second-order valence-corrected chi connectivity index (χ2v) is 2.90. The van der Waals surface area contributed by atoms with Crippen LogP contribution >= 0.6 is 0 Å². The molecule has 0 bridgehead atoms. The van der Waals surface area contributed by atoms with Crippen molar-refractivity contribution in [1.29, 1.82) is 0 Å². The number of tetrazole rings is 1. The van der Waals surface area contributed by atoms with Gasteiger partial charge in [0, 0.05) is 13.6 Å². The molecule has 0 aromatic carbocycles. The van der Waals surface area contributed by atoms with Crippen molar-refractivity contribution in [2.45, 2.75) is 25.9 Å². The molecular weight excluding hydrogens is 170 g/mol. The molecule has 0 aliphatic rings. The van der Waals surface area contributed by atoms with E-state index in [0.717, 1.165) is 6.42 Å². The van der Waals surface area contributed by atoms with Gasteiger partial charge in [-0.15, -0.1) is 0 Å². The van der Waals surface area contributed by atoms with Gasteiger partial charge in [-0.05, 0) is 23.3 Å². The van der Waals surface area contributed by atoms with Crippen molar-refractivity contribution in [3.8, 4) is 0 Å². The highest BCUT2D eigenvalue weighted by Crippen LogP contribution is 1.99. The first-order valence-corrected chi connectivity index (χ1v) is 4.38. The number of hydrogen-bond acceptors (Lipinski definition) is 5. The molecule has 13 heavy (non-hydrogen) atoms. The molecule has 0 amide bonds. The summed E-state index contributed by atoms with van der Waals surface area (Å²) in [6.45, 7) is 2.64. The van der Waals surface area contributed by atoms with Gasteiger partial charge in [0.05, 0.1) is 6.10 Å². The predicted molar refractivity (Wildman–Crippen MR) is 48.2 cm³/mol. The van der Waals surface area contributed by atoms with Crippen LogP contribution in [0.3, 0.4) is 0 Å². The van der Waals surface area contributed by atoms with Crippen molar-refractivity contribution in [3.05, 3.63) is 0 Å². The quantitative estimate of drug-likeness (QED) is 0.663. The molecule has 1 unspecified atom stereocenters. The molecule has 0 saturated heterocycles. The second-order valence-electron chi connectivity index (χ2n) is 2.90. The van der Waals surface area contributed by atoms with E-state index in [-0.39, 0.29) is 6.10 Å². The van der Waals surface area contributed by atoms with Gasteiger partial charge in [0.1, 0.15) is 0 Å². The third-order valence-corrected chi connectivity index (χ3v) is 1.85. The Labute approximate surface area is 76.9 Å². The molecular formula is C7H15N5O. The molecule has 2 N–H and O–H groups in total. The molecule has 6 nitrogen and oxygen atoms in total. The van der Waals surface area contributed by atoms with Crippen LogP contribution in [0.2, 0.25) is 0 Å². The van der Waals surface area contributed by atoms with Gasteiger partial charge in [-0.2, -0.15) is 0 Å². The zero-order chi connectivity index (χ0) is 9.68. The van der Waals surface area contributed by atoms with Crippen molar-refractivity contribution in [3.63, 3.8) is 0 Å². The van der Waals surface area contributed by atoms with E-state index in [9.17, 15) is 5.11 Å². The molecule has 0 spiro atoms. The van der Waals surface area contributed by atoms with E-state index in [4.69, 9.17) is 0 Å². The zero-order valence-electron chi connectivity index (χ0n) is 7.93. The van der Waals surface area contributed by atoms with E-state index in [2.05, 4.69) is 20.8 Å². The Bertz CT molecular complexity index is 249. The van der Waals surface area contributed by atoms with Gasteiger partial charge in [0.15, 0.2) is 0 Å². The van der Waals surface area contributed by atoms with Crippen molar-refractivity contribution < 1.29 is 5.11 Å². The first-order chi connectivity index (χ1) is 6.24. The number of hydrogen-bond donors (Lipinski definition) is 2. The number of aliphatic hydroxyl groups is 1.